The number of carbonyl (C=O) groups is 1. The molecule has 1 unspecified atom stereocenters. The summed E-state index contributed by atoms with van der Waals surface area (Å²) < 4.78 is 1.95. The van der Waals surface area contributed by atoms with Gasteiger partial charge in [-0.15, -0.1) is 11.3 Å². The molecule has 4 rings (SSSR count). The lowest BCUT2D eigenvalue weighted by atomic mass is 9.90. The summed E-state index contributed by atoms with van der Waals surface area (Å²) in [4.78, 5) is 19.7. The number of thiophene rings is 1. The third kappa shape index (κ3) is 3.32. The van der Waals surface area contributed by atoms with Crippen molar-refractivity contribution in [3.8, 4) is 0 Å². The van der Waals surface area contributed by atoms with Crippen LogP contribution in [0, 0.1) is 5.92 Å². The van der Waals surface area contributed by atoms with Crippen LogP contribution >= 0.6 is 11.3 Å². The van der Waals surface area contributed by atoms with E-state index in [0.717, 1.165) is 34.4 Å². The Labute approximate surface area is 156 Å². The first-order valence-corrected chi connectivity index (χ1v) is 9.68. The number of aliphatic hydroxyl groups is 1. The molecule has 0 bridgehead atoms. The molecule has 6 nitrogen and oxygen atoms in total. The Morgan fingerprint density at radius 2 is 2.15 bits per heavy atom. The van der Waals surface area contributed by atoms with Crippen molar-refractivity contribution in [2.24, 2.45) is 13.0 Å². The van der Waals surface area contributed by atoms with Crippen molar-refractivity contribution >= 4 is 34.1 Å². The number of nitrogens with one attached hydrogen (secondary N) is 1. The first kappa shape index (κ1) is 17.1. The molecular formula is C19H22N4O2S. The fourth-order valence-corrected chi connectivity index (χ4v) is 4.33. The summed E-state index contributed by atoms with van der Waals surface area (Å²) in [5.74, 6) is 0.211. The van der Waals surface area contributed by atoms with Gasteiger partial charge in [-0.3, -0.25) is 0 Å². The molecule has 0 radical (unpaired) electrons. The second kappa shape index (κ2) is 7.09. The van der Waals surface area contributed by atoms with Gasteiger partial charge in [-0.25, -0.2) is 9.78 Å². The largest absolute Gasteiger partial charge is 0.387 e. The van der Waals surface area contributed by atoms with E-state index in [2.05, 4.69) is 10.3 Å². The van der Waals surface area contributed by atoms with Gasteiger partial charge in [-0.2, -0.15) is 0 Å². The number of aliphatic hydroxyl groups excluding tert-OH is 1. The minimum Gasteiger partial charge on any atom is -0.387 e. The molecule has 26 heavy (non-hydrogen) atoms. The van der Waals surface area contributed by atoms with E-state index in [-0.39, 0.29) is 11.9 Å². The number of benzene rings is 1. The summed E-state index contributed by atoms with van der Waals surface area (Å²) in [5.41, 5.74) is 2.65. The fraction of sp³-hybridized carbons (Fsp3) is 0.368. The molecule has 0 saturated carbocycles. The maximum Gasteiger partial charge on any atom is 0.321 e. The fourth-order valence-electron chi connectivity index (χ4n) is 3.53. The summed E-state index contributed by atoms with van der Waals surface area (Å²) in [5, 5.41) is 15.4. The normalized spacial score (nSPS) is 16.8. The van der Waals surface area contributed by atoms with Gasteiger partial charge in [0.2, 0.25) is 0 Å². The van der Waals surface area contributed by atoms with Gasteiger partial charge in [0.1, 0.15) is 0 Å². The summed E-state index contributed by atoms with van der Waals surface area (Å²) >= 11 is 1.59. The molecular weight excluding hydrogens is 348 g/mol. The van der Waals surface area contributed by atoms with Crippen molar-refractivity contribution in [2.75, 3.05) is 18.4 Å². The van der Waals surface area contributed by atoms with Crippen LogP contribution < -0.4 is 5.32 Å². The first-order valence-electron chi connectivity index (χ1n) is 8.80. The van der Waals surface area contributed by atoms with Crippen molar-refractivity contribution < 1.29 is 9.90 Å². The molecule has 1 aliphatic heterocycles. The topological polar surface area (TPSA) is 70.4 Å². The lowest BCUT2D eigenvalue weighted by Gasteiger charge is -2.34. The van der Waals surface area contributed by atoms with Crippen LogP contribution in [0.4, 0.5) is 10.5 Å². The molecule has 1 aromatic carbocycles. The number of piperidine rings is 1. The average molecular weight is 370 g/mol. The Morgan fingerprint density at radius 1 is 1.35 bits per heavy atom. The van der Waals surface area contributed by atoms with Crippen LogP contribution in [0.2, 0.25) is 0 Å². The van der Waals surface area contributed by atoms with Gasteiger partial charge in [0, 0.05) is 30.7 Å². The Balaban J connectivity index is 1.35. The van der Waals surface area contributed by atoms with Crippen LogP contribution in [0.3, 0.4) is 0 Å². The van der Waals surface area contributed by atoms with Gasteiger partial charge in [0.05, 0.1) is 23.5 Å². The van der Waals surface area contributed by atoms with E-state index >= 15 is 0 Å². The summed E-state index contributed by atoms with van der Waals surface area (Å²) in [6.07, 6.45) is 2.96. The summed E-state index contributed by atoms with van der Waals surface area (Å²) in [6, 6.07) is 9.59. The van der Waals surface area contributed by atoms with E-state index in [1.165, 1.54) is 0 Å². The lowest BCUT2D eigenvalue weighted by molar-refractivity contribution is 0.0708. The molecule has 2 N–H and O–H groups in total. The Bertz CT molecular complexity index is 898. The van der Waals surface area contributed by atoms with Crippen molar-refractivity contribution in [3.05, 3.63) is 46.9 Å². The van der Waals surface area contributed by atoms with Gasteiger partial charge in [0.25, 0.3) is 0 Å². The molecule has 136 valence electrons. The highest BCUT2D eigenvalue weighted by Gasteiger charge is 2.28. The maximum absolute atomic E-state index is 12.5. The molecule has 3 aromatic rings. The average Bonchev–Trinajstić information content (AvgIpc) is 3.32. The molecule has 1 fully saturated rings. The van der Waals surface area contributed by atoms with E-state index < -0.39 is 6.10 Å². The predicted molar refractivity (Wildman–Crippen MR) is 103 cm³/mol. The SMILES string of the molecule is Cn1cnc2cc(NC(=O)N3CCC(C(O)c4cccs4)CC3)ccc21. The Hall–Kier alpha value is -2.38. The monoisotopic (exact) mass is 370 g/mol. The molecule has 1 saturated heterocycles. The van der Waals surface area contributed by atoms with E-state index in [0.29, 0.717) is 13.1 Å². The number of fused-ring (bicyclic) bond motifs is 1. The number of imidazole rings is 1. The minimum absolute atomic E-state index is 0.0932. The summed E-state index contributed by atoms with van der Waals surface area (Å²) in [7, 11) is 1.95. The van der Waals surface area contributed by atoms with Crippen molar-refractivity contribution in [1.82, 2.24) is 14.5 Å². The Kier molecular flexibility index (Phi) is 4.65. The molecule has 1 aliphatic rings. The molecule has 0 spiro atoms. The van der Waals surface area contributed by atoms with Crippen molar-refractivity contribution in [3.63, 3.8) is 0 Å². The molecule has 3 heterocycles. The van der Waals surface area contributed by atoms with E-state index in [4.69, 9.17) is 0 Å². The third-order valence-electron chi connectivity index (χ3n) is 5.08. The minimum atomic E-state index is -0.424. The standard InChI is InChI=1S/C19H22N4O2S/c1-22-12-20-15-11-14(4-5-16(15)22)21-19(25)23-8-6-13(7-9-23)18(24)17-3-2-10-26-17/h2-5,10-13,18,24H,6-9H2,1H3,(H,21,25). The van der Waals surface area contributed by atoms with Gasteiger partial charge in [-0.1, -0.05) is 6.07 Å². The molecule has 1 atom stereocenters. The number of carbonyl (C=O) groups excluding carboxylic acids is 1. The van der Waals surface area contributed by atoms with Crippen LogP contribution in [0.5, 0.6) is 0 Å². The van der Waals surface area contributed by atoms with Crippen LogP contribution in [0.25, 0.3) is 11.0 Å². The van der Waals surface area contributed by atoms with Gasteiger partial charge < -0.3 is 19.9 Å². The second-order valence-electron chi connectivity index (χ2n) is 6.77. The number of anilines is 1. The van der Waals surface area contributed by atoms with E-state index in [1.807, 2.05) is 52.2 Å². The number of amides is 2. The number of nitrogens with zero attached hydrogens (tertiary/aromatic N) is 3. The second-order valence-corrected chi connectivity index (χ2v) is 7.75. The van der Waals surface area contributed by atoms with Crippen molar-refractivity contribution in [2.45, 2.75) is 18.9 Å². The number of aryl methyl sites for hydroxylation is 1. The number of likely N-dealkylation sites (tertiary alicyclic amines) is 1. The van der Waals surface area contributed by atoms with Crippen LogP contribution in [0.15, 0.2) is 42.0 Å². The van der Waals surface area contributed by atoms with Crippen molar-refractivity contribution in [1.29, 1.82) is 0 Å². The number of urea groups is 1. The molecule has 7 heteroatoms. The highest BCUT2D eigenvalue weighted by atomic mass is 32.1. The van der Waals surface area contributed by atoms with Gasteiger partial charge >= 0.3 is 6.03 Å². The third-order valence-corrected chi connectivity index (χ3v) is 6.03. The number of hydrogen-bond acceptors (Lipinski definition) is 4. The summed E-state index contributed by atoms with van der Waals surface area (Å²) in [6.45, 7) is 1.32. The zero-order valence-corrected chi connectivity index (χ0v) is 15.4. The number of hydrogen-bond donors (Lipinski definition) is 2. The first-order chi connectivity index (χ1) is 12.6. The number of aromatic nitrogens is 2. The predicted octanol–water partition coefficient (Wildman–Crippen LogP) is 3.61. The lowest BCUT2D eigenvalue weighted by Crippen LogP contribution is -2.42. The van der Waals surface area contributed by atoms with Crippen LogP contribution in [0.1, 0.15) is 23.8 Å². The zero-order chi connectivity index (χ0) is 18.1. The highest BCUT2D eigenvalue weighted by molar-refractivity contribution is 7.10. The maximum atomic E-state index is 12.5. The number of rotatable bonds is 3. The van der Waals surface area contributed by atoms with Gasteiger partial charge in [-0.05, 0) is 48.4 Å². The highest BCUT2D eigenvalue weighted by Crippen LogP contribution is 2.33. The van der Waals surface area contributed by atoms with Crippen LogP contribution in [-0.2, 0) is 7.05 Å². The molecule has 0 aliphatic carbocycles. The van der Waals surface area contributed by atoms with E-state index in [9.17, 15) is 9.90 Å². The molecule has 2 aromatic heterocycles. The Morgan fingerprint density at radius 3 is 2.88 bits per heavy atom. The molecule has 2 amide bonds. The van der Waals surface area contributed by atoms with Gasteiger partial charge in [0.15, 0.2) is 0 Å². The van der Waals surface area contributed by atoms with E-state index in [1.54, 1.807) is 17.7 Å². The zero-order valence-electron chi connectivity index (χ0n) is 14.6. The smallest absolute Gasteiger partial charge is 0.321 e. The quantitative estimate of drug-likeness (QED) is 0.740. The van der Waals surface area contributed by atoms with Crippen LogP contribution in [-0.4, -0.2) is 38.7 Å².